The zero-order valence-corrected chi connectivity index (χ0v) is 11.9. The van der Waals surface area contributed by atoms with E-state index in [-0.39, 0.29) is 12.2 Å². The number of hydrogen-bond donors (Lipinski definition) is 0. The molecule has 100 valence electrons. The first-order valence-corrected chi connectivity index (χ1v) is 6.18. The van der Waals surface area contributed by atoms with Gasteiger partial charge in [-0.2, -0.15) is 0 Å². The summed E-state index contributed by atoms with van der Waals surface area (Å²) in [5, 5.41) is 0. The number of aryl methyl sites for hydroxylation is 1. The predicted octanol–water partition coefficient (Wildman–Crippen LogP) is 3.34. The number of rotatable bonds is 5. The van der Waals surface area contributed by atoms with Crippen LogP contribution in [0, 0.1) is 0 Å². The molecule has 1 aromatic carbocycles. The van der Waals surface area contributed by atoms with E-state index in [1.807, 2.05) is 6.07 Å². The van der Waals surface area contributed by atoms with Gasteiger partial charge in [-0.05, 0) is 29.0 Å². The fourth-order valence-corrected chi connectivity index (χ4v) is 1.79. The van der Waals surface area contributed by atoms with Crippen LogP contribution < -0.4 is 4.74 Å². The fourth-order valence-electron chi connectivity index (χ4n) is 1.79. The van der Waals surface area contributed by atoms with Crippen molar-refractivity contribution in [3.63, 3.8) is 0 Å². The monoisotopic (exact) mass is 250 g/mol. The highest BCUT2D eigenvalue weighted by Crippen LogP contribution is 2.31. The summed E-state index contributed by atoms with van der Waals surface area (Å²) in [4.78, 5) is 11.2. The molecule has 0 bridgehead atoms. The van der Waals surface area contributed by atoms with Crippen molar-refractivity contribution < 1.29 is 14.3 Å². The van der Waals surface area contributed by atoms with Gasteiger partial charge in [-0.3, -0.25) is 4.79 Å². The first kappa shape index (κ1) is 14.7. The summed E-state index contributed by atoms with van der Waals surface area (Å²) in [7, 11) is 1.57. The van der Waals surface area contributed by atoms with Crippen LogP contribution in [-0.4, -0.2) is 20.2 Å². The Bertz CT molecular complexity index is 416. The maximum atomic E-state index is 11.2. The second-order valence-electron chi connectivity index (χ2n) is 5.33. The molecule has 0 aromatic heterocycles. The van der Waals surface area contributed by atoms with Gasteiger partial charge < -0.3 is 9.47 Å². The minimum atomic E-state index is 0.0153. The van der Waals surface area contributed by atoms with Crippen LogP contribution in [-0.2, 0) is 16.6 Å². The molecule has 3 heteroatoms. The summed E-state index contributed by atoms with van der Waals surface area (Å²) >= 11 is 0. The molecule has 1 rings (SSSR count). The highest BCUT2D eigenvalue weighted by molar-refractivity contribution is 5.81. The number of benzene rings is 1. The third-order valence-corrected chi connectivity index (χ3v) is 2.89. The molecule has 0 amide bonds. The van der Waals surface area contributed by atoms with E-state index in [1.165, 1.54) is 0 Å². The van der Waals surface area contributed by atoms with Crippen LogP contribution >= 0.6 is 0 Å². The van der Waals surface area contributed by atoms with E-state index in [2.05, 4.69) is 33.8 Å². The molecule has 0 fully saturated rings. The molecule has 0 saturated carbocycles. The van der Waals surface area contributed by atoms with Gasteiger partial charge in [0.1, 0.15) is 5.75 Å². The number of ether oxygens (including phenoxy) is 2. The normalized spacial score (nSPS) is 11.4. The predicted molar refractivity (Wildman–Crippen MR) is 72.4 cm³/mol. The number of hydrogen-bond acceptors (Lipinski definition) is 3. The van der Waals surface area contributed by atoms with Gasteiger partial charge in [-0.1, -0.05) is 33.8 Å². The Balaban J connectivity index is 3.29. The maximum Gasteiger partial charge on any atom is 0.188 e. The van der Waals surface area contributed by atoms with Crippen LogP contribution in [0.3, 0.4) is 0 Å². The Morgan fingerprint density at radius 1 is 1.28 bits per heavy atom. The standard InChI is InChI=1S/C15H22O3/c1-6-11-7-13(15(2,3)4)8-12(9-16)14(11)18-10-17-5/h7-9H,6,10H2,1-5H3. The Hall–Kier alpha value is -1.35. The second kappa shape index (κ2) is 6.01. The number of carbonyl (C=O) groups is 1. The third-order valence-electron chi connectivity index (χ3n) is 2.89. The molecule has 0 radical (unpaired) electrons. The van der Waals surface area contributed by atoms with E-state index in [4.69, 9.17) is 9.47 Å². The van der Waals surface area contributed by atoms with Gasteiger partial charge in [-0.25, -0.2) is 0 Å². The van der Waals surface area contributed by atoms with E-state index in [9.17, 15) is 4.79 Å². The summed E-state index contributed by atoms with van der Waals surface area (Å²) < 4.78 is 10.4. The zero-order chi connectivity index (χ0) is 13.8. The Morgan fingerprint density at radius 2 is 1.94 bits per heavy atom. The summed E-state index contributed by atoms with van der Waals surface area (Å²) in [6.45, 7) is 8.60. The molecule has 0 unspecified atom stereocenters. The van der Waals surface area contributed by atoms with E-state index in [1.54, 1.807) is 7.11 Å². The Labute approximate surface area is 109 Å². The highest BCUT2D eigenvalue weighted by Gasteiger charge is 2.18. The van der Waals surface area contributed by atoms with Crippen molar-refractivity contribution >= 4 is 6.29 Å². The molecule has 0 heterocycles. The summed E-state index contributed by atoms with van der Waals surface area (Å²) in [6, 6.07) is 4.01. The van der Waals surface area contributed by atoms with E-state index in [0.29, 0.717) is 11.3 Å². The number of methoxy groups -OCH3 is 1. The van der Waals surface area contributed by atoms with Gasteiger partial charge in [-0.15, -0.1) is 0 Å². The van der Waals surface area contributed by atoms with Gasteiger partial charge >= 0.3 is 0 Å². The molecule has 0 saturated heterocycles. The van der Waals surface area contributed by atoms with Gasteiger partial charge in [0.15, 0.2) is 13.1 Å². The SMILES string of the molecule is CCc1cc(C(C)(C)C)cc(C=O)c1OCOC. The Morgan fingerprint density at radius 3 is 2.39 bits per heavy atom. The van der Waals surface area contributed by atoms with Crippen molar-refractivity contribution in [2.24, 2.45) is 0 Å². The first-order chi connectivity index (χ1) is 8.43. The first-order valence-electron chi connectivity index (χ1n) is 6.18. The molecular formula is C15H22O3. The minimum Gasteiger partial charge on any atom is -0.467 e. The van der Waals surface area contributed by atoms with Crippen molar-refractivity contribution in [3.05, 3.63) is 28.8 Å². The van der Waals surface area contributed by atoms with Crippen LogP contribution in [0.25, 0.3) is 0 Å². The average molecular weight is 250 g/mol. The van der Waals surface area contributed by atoms with E-state index < -0.39 is 0 Å². The van der Waals surface area contributed by atoms with Gasteiger partial charge in [0, 0.05) is 7.11 Å². The van der Waals surface area contributed by atoms with Crippen molar-refractivity contribution in [3.8, 4) is 5.75 Å². The highest BCUT2D eigenvalue weighted by atomic mass is 16.7. The Kier molecular flexibility index (Phi) is 4.91. The number of aldehydes is 1. The lowest BCUT2D eigenvalue weighted by atomic mass is 9.84. The topological polar surface area (TPSA) is 35.5 Å². The molecule has 0 aliphatic heterocycles. The number of carbonyl (C=O) groups excluding carboxylic acids is 1. The smallest absolute Gasteiger partial charge is 0.188 e. The average Bonchev–Trinajstić information content (AvgIpc) is 2.33. The van der Waals surface area contributed by atoms with Crippen LogP contribution in [0.5, 0.6) is 5.75 Å². The van der Waals surface area contributed by atoms with Crippen molar-refractivity contribution in [1.29, 1.82) is 0 Å². The molecule has 0 N–H and O–H groups in total. The molecular weight excluding hydrogens is 228 g/mol. The largest absolute Gasteiger partial charge is 0.467 e. The van der Waals surface area contributed by atoms with E-state index in [0.717, 1.165) is 23.8 Å². The third kappa shape index (κ3) is 3.33. The summed E-state index contributed by atoms with van der Waals surface area (Å²) in [5.74, 6) is 0.641. The molecule has 3 nitrogen and oxygen atoms in total. The van der Waals surface area contributed by atoms with Gasteiger partial charge in [0.05, 0.1) is 5.56 Å². The lowest BCUT2D eigenvalue weighted by Gasteiger charge is -2.22. The van der Waals surface area contributed by atoms with Gasteiger partial charge in [0.25, 0.3) is 0 Å². The molecule has 1 aromatic rings. The molecule has 0 atom stereocenters. The molecule has 0 aliphatic rings. The van der Waals surface area contributed by atoms with Crippen LogP contribution in [0.2, 0.25) is 0 Å². The van der Waals surface area contributed by atoms with Crippen molar-refractivity contribution in [2.75, 3.05) is 13.9 Å². The summed E-state index contributed by atoms with van der Waals surface area (Å²) in [5.41, 5.74) is 2.80. The van der Waals surface area contributed by atoms with Crippen LogP contribution in [0.15, 0.2) is 12.1 Å². The molecule has 0 spiro atoms. The van der Waals surface area contributed by atoms with Gasteiger partial charge in [0.2, 0.25) is 0 Å². The molecule has 18 heavy (non-hydrogen) atoms. The quantitative estimate of drug-likeness (QED) is 0.594. The lowest BCUT2D eigenvalue weighted by Crippen LogP contribution is -2.13. The van der Waals surface area contributed by atoms with Crippen molar-refractivity contribution in [1.82, 2.24) is 0 Å². The fraction of sp³-hybridized carbons (Fsp3) is 0.533. The van der Waals surface area contributed by atoms with Crippen LogP contribution in [0.1, 0.15) is 49.2 Å². The lowest BCUT2D eigenvalue weighted by molar-refractivity contribution is 0.0498. The van der Waals surface area contributed by atoms with Crippen LogP contribution in [0.4, 0.5) is 0 Å². The second-order valence-corrected chi connectivity index (χ2v) is 5.33. The molecule has 0 aliphatic carbocycles. The van der Waals surface area contributed by atoms with E-state index >= 15 is 0 Å². The van der Waals surface area contributed by atoms with Crippen molar-refractivity contribution in [2.45, 2.75) is 39.5 Å². The maximum absolute atomic E-state index is 11.2. The summed E-state index contributed by atoms with van der Waals surface area (Å²) in [6.07, 6.45) is 1.67. The minimum absolute atomic E-state index is 0.0153. The zero-order valence-electron chi connectivity index (χ0n) is 11.9.